The number of nitrogens with one attached hydrogen (secondary N) is 1. The van der Waals surface area contributed by atoms with Crippen LogP contribution >= 0.6 is 0 Å². The number of hydrogen-bond acceptors (Lipinski definition) is 3. The highest BCUT2D eigenvalue weighted by molar-refractivity contribution is 5.52. The smallest absolute Gasteiger partial charge is 0.161 e. The fourth-order valence-corrected chi connectivity index (χ4v) is 2.52. The van der Waals surface area contributed by atoms with Crippen LogP contribution in [0, 0.1) is 0 Å². The third kappa shape index (κ3) is 3.30. The van der Waals surface area contributed by atoms with E-state index in [0.717, 1.165) is 44.1 Å². The molecule has 1 aliphatic rings. The van der Waals surface area contributed by atoms with Crippen LogP contribution in [0.2, 0.25) is 0 Å². The van der Waals surface area contributed by atoms with Gasteiger partial charge in [0.2, 0.25) is 0 Å². The van der Waals surface area contributed by atoms with E-state index < -0.39 is 0 Å². The Labute approximate surface area is 125 Å². The van der Waals surface area contributed by atoms with Gasteiger partial charge in [-0.05, 0) is 35.7 Å². The third-order valence-corrected chi connectivity index (χ3v) is 3.69. The van der Waals surface area contributed by atoms with E-state index in [2.05, 4.69) is 48.6 Å². The lowest BCUT2D eigenvalue weighted by molar-refractivity contribution is 0.297. The number of rotatable bonds is 4. The van der Waals surface area contributed by atoms with Gasteiger partial charge in [-0.3, -0.25) is 0 Å². The lowest BCUT2D eigenvalue weighted by Crippen LogP contribution is -2.02. The first kappa shape index (κ1) is 13.8. The molecule has 2 aromatic carbocycles. The summed E-state index contributed by atoms with van der Waals surface area (Å²) in [4.78, 5) is 0. The Kier molecular flexibility index (Phi) is 4.29. The highest BCUT2D eigenvalue weighted by atomic mass is 16.5. The lowest BCUT2D eigenvalue weighted by atomic mass is 10.1. The van der Waals surface area contributed by atoms with E-state index in [9.17, 15) is 0 Å². The maximum absolute atomic E-state index is 5.73. The fraction of sp³-hybridized carbons (Fsp3) is 0.333. The molecule has 0 radical (unpaired) electrons. The van der Waals surface area contributed by atoms with Crippen molar-refractivity contribution in [1.82, 2.24) is 0 Å². The fourth-order valence-electron chi connectivity index (χ4n) is 2.52. The van der Waals surface area contributed by atoms with Crippen molar-refractivity contribution in [3.05, 3.63) is 53.6 Å². The van der Waals surface area contributed by atoms with Crippen LogP contribution in [0.5, 0.6) is 11.5 Å². The molecule has 0 saturated carbocycles. The number of aryl methyl sites for hydroxylation is 1. The molecule has 0 unspecified atom stereocenters. The van der Waals surface area contributed by atoms with Gasteiger partial charge in [0.1, 0.15) is 0 Å². The zero-order valence-electron chi connectivity index (χ0n) is 12.4. The molecule has 0 aliphatic carbocycles. The third-order valence-electron chi connectivity index (χ3n) is 3.69. The average molecular weight is 283 g/mol. The predicted octanol–water partition coefficient (Wildman–Crippen LogP) is 4.02. The second kappa shape index (κ2) is 6.53. The standard InChI is InChI=1S/C18H21NO2/c1-2-15-6-3-4-7-16(15)19-13-14-8-9-17-18(12-14)21-11-5-10-20-17/h3-4,6-9,12,19H,2,5,10-11,13H2,1H3. The van der Waals surface area contributed by atoms with E-state index in [0.29, 0.717) is 0 Å². The second-order valence-corrected chi connectivity index (χ2v) is 5.20. The van der Waals surface area contributed by atoms with E-state index in [1.54, 1.807) is 0 Å². The van der Waals surface area contributed by atoms with Crippen LogP contribution in [0.1, 0.15) is 24.5 Å². The number of hydrogen-bond donors (Lipinski definition) is 1. The summed E-state index contributed by atoms with van der Waals surface area (Å²) in [5.41, 5.74) is 3.74. The van der Waals surface area contributed by atoms with Crippen molar-refractivity contribution >= 4 is 5.69 Å². The quantitative estimate of drug-likeness (QED) is 0.919. The summed E-state index contributed by atoms with van der Waals surface area (Å²) in [6.45, 7) is 4.42. The van der Waals surface area contributed by atoms with Gasteiger partial charge >= 0.3 is 0 Å². The summed E-state index contributed by atoms with van der Waals surface area (Å²) < 4.78 is 11.4. The Morgan fingerprint density at radius 3 is 2.67 bits per heavy atom. The molecular weight excluding hydrogens is 262 g/mol. The molecule has 0 bridgehead atoms. The normalized spacial score (nSPS) is 13.6. The molecule has 0 aromatic heterocycles. The maximum atomic E-state index is 5.73. The Morgan fingerprint density at radius 2 is 1.81 bits per heavy atom. The molecule has 2 aromatic rings. The van der Waals surface area contributed by atoms with Crippen molar-refractivity contribution in [2.75, 3.05) is 18.5 Å². The van der Waals surface area contributed by atoms with Crippen molar-refractivity contribution in [3.8, 4) is 11.5 Å². The van der Waals surface area contributed by atoms with E-state index in [1.807, 2.05) is 6.07 Å². The summed E-state index contributed by atoms with van der Waals surface area (Å²) in [6, 6.07) is 14.6. The van der Waals surface area contributed by atoms with Crippen LogP contribution in [-0.2, 0) is 13.0 Å². The molecule has 0 spiro atoms. The largest absolute Gasteiger partial charge is 0.490 e. The first-order chi connectivity index (χ1) is 10.4. The average Bonchev–Trinajstić information content (AvgIpc) is 2.78. The Bertz CT molecular complexity index is 610. The molecule has 0 atom stereocenters. The van der Waals surface area contributed by atoms with Gasteiger partial charge in [-0.25, -0.2) is 0 Å². The molecule has 3 nitrogen and oxygen atoms in total. The number of fused-ring (bicyclic) bond motifs is 1. The van der Waals surface area contributed by atoms with E-state index in [1.165, 1.54) is 16.8 Å². The van der Waals surface area contributed by atoms with Gasteiger partial charge in [0.05, 0.1) is 13.2 Å². The van der Waals surface area contributed by atoms with Gasteiger partial charge in [-0.15, -0.1) is 0 Å². The van der Waals surface area contributed by atoms with Crippen LogP contribution in [0.25, 0.3) is 0 Å². The maximum Gasteiger partial charge on any atom is 0.161 e. The van der Waals surface area contributed by atoms with Gasteiger partial charge < -0.3 is 14.8 Å². The van der Waals surface area contributed by atoms with Crippen LogP contribution in [-0.4, -0.2) is 13.2 Å². The van der Waals surface area contributed by atoms with Gasteiger partial charge in [-0.1, -0.05) is 31.2 Å². The monoisotopic (exact) mass is 283 g/mol. The molecule has 0 fully saturated rings. The highest BCUT2D eigenvalue weighted by Gasteiger charge is 2.10. The first-order valence-corrected chi connectivity index (χ1v) is 7.57. The van der Waals surface area contributed by atoms with Crippen LogP contribution in [0.3, 0.4) is 0 Å². The Hall–Kier alpha value is -2.16. The molecule has 3 heteroatoms. The molecule has 0 amide bonds. The summed E-state index contributed by atoms with van der Waals surface area (Å²) in [5, 5.41) is 3.51. The summed E-state index contributed by atoms with van der Waals surface area (Å²) in [6.07, 6.45) is 1.97. The summed E-state index contributed by atoms with van der Waals surface area (Å²) >= 11 is 0. The second-order valence-electron chi connectivity index (χ2n) is 5.20. The van der Waals surface area contributed by atoms with Gasteiger partial charge in [0.25, 0.3) is 0 Å². The molecule has 1 heterocycles. The molecule has 1 aliphatic heterocycles. The van der Waals surface area contributed by atoms with Gasteiger partial charge in [0, 0.05) is 18.7 Å². The van der Waals surface area contributed by atoms with Crippen LogP contribution in [0.4, 0.5) is 5.69 Å². The SMILES string of the molecule is CCc1ccccc1NCc1ccc2c(c1)OCCCO2. The molecule has 0 saturated heterocycles. The van der Waals surface area contributed by atoms with Gasteiger partial charge in [-0.2, -0.15) is 0 Å². The summed E-state index contributed by atoms with van der Waals surface area (Å²) in [5.74, 6) is 1.71. The van der Waals surface area contributed by atoms with Crippen LogP contribution < -0.4 is 14.8 Å². The molecule has 21 heavy (non-hydrogen) atoms. The number of anilines is 1. The van der Waals surface area contributed by atoms with E-state index >= 15 is 0 Å². The van der Waals surface area contributed by atoms with E-state index in [-0.39, 0.29) is 0 Å². The molecule has 3 rings (SSSR count). The van der Waals surface area contributed by atoms with Crippen molar-refractivity contribution in [1.29, 1.82) is 0 Å². The van der Waals surface area contributed by atoms with Gasteiger partial charge in [0.15, 0.2) is 11.5 Å². The Morgan fingerprint density at radius 1 is 1.00 bits per heavy atom. The number of benzene rings is 2. The van der Waals surface area contributed by atoms with Crippen molar-refractivity contribution in [2.24, 2.45) is 0 Å². The van der Waals surface area contributed by atoms with Crippen molar-refractivity contribution in [3.63, 3.8) is 0 Å². The number of ether oxygens (including phenoxy) is 2. The van der Waals surface area contributed by atoms with Crippen molar-refractivity contribution < 1.29 is 9.47 Å². The Balaban J connectivity index is 1.72. The van der Waals surface area contributed by atoms with E-state index in [4.69, 9.17) is 9.47 Å². The lowest BCUT2D eigenvalue weighted by Gasteiger charge is -2.13. The van der Waals surface area contributed by atoms with Crippen LogP contribution in [0.15, 0.2) is 42.5 Å². The molecule has 110 valence electrons. The van der Waals surface area contributed by atoms with Crippen molar-refractivity contribution in [2.45, 2.75) is 26.3 Å². The zero-order chi connectivity index (χ0) is 14.5. The number of para-hydroxylation sites is 1. The minimum absolute atomic E-state index is 0.725. The first-order valence-electron chi connectivity index (χ1n) is 7.57. The predicted molar refractivity (Wildman–Crippen MR) is 85.2 cm³/mol. The zero-order valence-corrected chi connectivity index (χ0v) is 12.4. The molecular formula is C18H21NO2. The molecule has 1 N–H and O–H groups in total. The topological polar surface area (TPSA) is 30.5 Å². The highest BCUT2D eigenvalue weighted by Crippen LogP contribution is 2.30. The minimum atomic E-state index is 0.725. The minimum Gasteiger partial charge on any atom is -0.490 e. The summed E-state index contributed by atoms with van der Waals surface area (Å²) in [7, 11) is 0.